The molecule has 1 unspecified atom stereocenters. The average molecular weight is 483 g/mol. The molecular weight excluding hydrogens is 458 g/mol. The fraction of sp³-hybridized carbons (Fsp3) is 0.333. The smallest absolute Gasteiger partial charge is 0.337 e. The van der Waals surface area contributed by atoms with Crippen molar-refractivity contribution in [2.24, 2.45) is 0 Å². The lowest BCUT2D eigenvalue weighted by Gasteiger charge is -2.37. The van der Waals surface area contributed by atoms with Crippen molar-refractivity contribution in [3.05, 3.63) is 53.6 Å². The summed E-state index contributed by atoms with van der Waals surface area (Å²) in [5, 5.41) is 2.69. The number of carbonyl (C=O) groups is 4. The van der Waals surface area contributed by atoms with Gasteiger partial charge in [0.2, 0.25) is 6.10 Å². The van der Waals surface area contributed by atoms with E-state index in [2.05, 4.69) is 5.32 Å². The highest BCUT2D eigenvalue weighted by Crippen LogP contribution is 2.31. The summed E-state index contributed by atoms with van der Waals surface area (Å²) in [5.74, 6) is -0.391. The predicted octanol–water partition coefficient (Wildman–Crippen LogP) is 1.78. The van der Waals surface area contributed by atoms with E-state index >= 15 is 0 Å². The second kappa shape index (κ2) is 10.3. The van der Waals surface area contributed by atoms with Gasteiger partial charge in [0, 0.05) is 31.9 Å². The molecule has 1 saturated heterocycles. The van der Waals surface area contributed by atoms with Gasteiger partial charge in [0.1, 0.15) is 6.61 Å². The van der Waals surface area contributed by atoms with Gasteiger partial charge in [0.25, 0.3) is 5.91 Å². The van der Waals surface area contributed by atoms with Gasteiger partial charge >= 0.3 is 18.0 Å². The van der Waals surface area contributed by atoms with Gasteiger partial charge in [-0.1, -0.05) is 12.1 Å². The molecule has 2 aromatic rings. The Bertz CT molecular complexity index is 1110. The predicted molar refractivity (Wildman–Crippen MR) is 123 cm³/mol. The van der Waals surface area contributed by atoms with Gasteiger partial charge < -0.3 is 34.1 Å². The Labute approximate surface area is 201 Å². The number of esters is 2. The molecule has 2 aromatic carbocycles. The molecule has 0 spiro atoms. The highest BCUT2D eigenvalue weighted by molar-refractivity contribution is 5.99. The Kier molecular flexibility index (Phi) is 7.04. The van der Waals surface area contributed by atoms with Crippen LogP contribution in [0.2, 0.25) is 0 Å². The normalized spacial score (nSPS) is 16.8. The summed E-state index contributed by atoms with van der Waals surface area (Å²) >= 11 is 0. The number of amides is 3. The Morgan fingerprint density at radius 1 is 0.857 bits per heavy atom. The maximum absolute atomic E-state index is 12.9. The van der Waals surface area contributed by atoms with E-state index in [0.29, 0.717) is 37.7 Å². The molecule has 0 aromatic heterocycles. The summed E-state index contributed by atoms with van der Waals surface area (Å²) in [6.45, 7) is 1.35. The van der Waals surface area contributed by atoms with Crippen LogP contribution in [0.5, 0.6) is 11.5 Å². The molecule has 2 aliphatic rings. The van der Waals surface area contributed by atoms with Gasteiger partial charge in [0.05, 0.1) is 25.3 Å². The molecule has 3 amide bonds. The van der Waals surface area contributed by atoms with Crippen molar-refractivity contribution in [2.45, 2.75) is 6.10 Å². The van der Waals surface area contributed by atoms with E-state index < -0.39 is 24.1 Å². The van der Waals surface area contributed by atoms with Crippen LogP contribution in [0.1, 0.15) is 20.7 Å². The standard InChI is InChI=1S/C24H25N3O8/c1-32-22(29)15-11-16(23(30)33-2)13-17(12-15)25-24(31)27-9-7-26(8-10-27)21(28)20-14-34-18-5-3-4-6-19(18)35-20/h3-6,11-13,20H,7-10,14H2,1-2H3,(H,25,31). The largest absolute Gasteiger partial charge is 0.485 e. The maximum atomic E-state index is 12.9. The summed E-state index contributed by atoms with van der Waals surface area (Å²) in [6.07, 6.45) is -0.747. The second-order valence-electron chi connectivity index (χ2n) is 7.89. The van der Waals surface area contributed by atoms with E-state index in [0.717, 1.165) is 0 Å². The van der Waals surface area contributed by atoms with Crippen LogP contribution < -0.4 is 14.8 Å². The number of para-hydroxylation sites is 2. The van der Waals surface area contributed by atoms with Crippen molar-refractivity contribution < 1.29 is 38.1 Å². The van der Waals surface area contributed by atoms with Gasteiger partial charge in [-0.05, 0) is 30.3 Å². The highest BCUT2D eigenvalue weighted by atomic mass is 16.6. The van der Waals surface area contributed by atoms with Crippen molar-refractivity contribution in [3.8, 4) is 11.5 Å². The molecule has 184 valence electrons. The number of hydrogen-bond acceptors (Lipinski definition) is 8. The monoisotopic (exact) mass is 483 g/mol. The van der Waals surface area contributed by atoms with Crippen molar-refractivity contribution in [3.63, 3.8) is 0 Å². The van der Waals surface area contributed by atoms with Crippen LogP contribution in [0.3, 0.4) is 0 Å². The van der Waals surface area contributed by atoms with Crippen LogP contribution in [0.15, 0.2) is 42.5 Å². The van der Waals surface area contributed by atoms with Crippen LogP contribution in [-0.2, 0) is 14.3 Å². The molecule has 4 rings (SSSR count). The minimum atomic E-state index is -0.747. The van der Waals surface area contributed by atoms with Crippen LogP contribution in [-0.4, -0.2) is 86.8 Å². The summed E-state index contributed by atoms with van der Waals surface area (Å²) in [7, 11) is 2.44. The zero-order chi connectivity index (χ0) is 24.9. The molecule has 0 radical (unpaired) electrons. The fourth-order valence-electron chi connectivity index (χ4n) is 3.85. The zero-order valence-electron chi connectivity index (χ0n) is 19.3. The number of carbonyl (C=O) groups excluding carboxylic acids is 4. The average Bonchev–Trinajstić information content (AvgIpc) is 2.91. The molecular formula is C24H25N3O8. The van der Waals surface area contributed by atoms with Crippen molar-refractivity contribution in [2.75, 3.05) is 52.3 Å². The molecule has 35 heavy (non-hydrogen) atoms. The third-order valence-electron chi connectivity index (χ3n) is 5.69. The van der Waals surface area contributed by atoms with Crippen molar-refractivity contribution >= 4 is 29.6 Å². The zero-order valence-corrected chi connectivity index (χ0v) is 19.3. The van der Waals surface area contributed by atoms with Crippen molar-refractivity contribution in [1.29, 1.82) is 0 Å². The van der Waals surface area contributed by atoms with Gasteiger partial charge in [-0.15, -0.1) is 0 Å². The number of anilines is 1. The molecule has 11 nitrogen and oxygen atoms in total. The minimum absolute atomic E-state index is 0.0948. The fourth-order valence-corrected chi connectivity index (χ4v) is 3.85. The van der Waals surface area contributed by atoms with Crippen LogP contribution >= 0.6 is 0 Å². The van der Waals surface area contributed by atoms with Crippen LogP contribution in [0.4, 0.5) is 10.5 Å². The van der Waals surface area contributed by atoms with Crippen LogP contribution in [0, 0.1) is 0 Å². The first kappa shape index (κ1) is 23.9. The Hall–Kier alpha value is -4.28. The van der Waals surface area contributed by atoms with E-state index in [-0.39, 0.29) is 29.3 Å². The van der Waals surface area contributed by atoms with E-state index in [9.17, 15) is 19.2 Å². The SMILES string of the molecule is COC(=O)c1cc(NC(=O)N2CCN(C(=O)C3COc4ccccc4O3)CC2)cc(C(=O)OC)c1. The molecule has 1 atom stereocenters. The maximum Gasteiger partial charge on any atom is 0.337 e. The lowest BCUT2D eigenvalue weighted by atomic mass is 10.1. The number of ether oxygens (including phenoxy) is 4. The van der Waals surface area contributed by atoms with Gasteiger partial charge in [0.15, 0.2) is 11.5 Å². The first-order valence-corrected chi connectivity index (χ1v) is 10.9. The summed E-state index contributed by atoms with van der Waals surface area (Å²) in [4.78, 5) is 52.8. The van der Waals surface area contributed by atoms with Gasteiger partial charge in [-0.2, -0.15) is 0 Å². The molecule has 11 heteroatoms. The van der Waals surface area contributed by atoms with E-state index in [1.165, 1.54) is 32.4 Å². The lowest BCUT2D eigenvalue weighted by Crippen LogP contribution is -2.55. The molecule has 0 saturated carbocycles. The number of piperazine rings is 1. The number of benzene rings is 2. The van der Waals surface area contributed by atoms with Gasteiger partial charge in [-0.3, -0.25) is 4.79 Å². The summed E-state index contributed by atoms with van der Waals surface area (Å²) in [5.41, 5.74) is 0.429. The summed E-state index contributed by atoms with van der Waals surface area (Å²) in [6, 6.07) is 10.9. The molecule has 2 heterocycles. The molecule has 1 N–H and O–H groups in total. The topological polar surface area (TPSA) is 124 Å². The van der Waals surface area contributed by atoms with Crippen molar-refractivity contribution in [1.82, 2.24) is 9.80 Å². The summed E-state index contributed by atoms with van der Waals surface area (Å²) < 4.78 is 20.9. The number of fused-ring (bicyclic) bond motifs is 1. The van der Waals surface area contributed by atoms with E-state index in [1.807, 2.05) is 6.07 Å². The number of rotatable bonds is 4. The van der Waals surface area contributed by atoms with E-state index in [1.54, 1.807) is 28.0 Å². The first-order valence-electron chi connectivity index (χ1n) is 10.9. The number of hydrogen-bond donors (Lipinski definition) is 1. The number of urea groups is 1. The Morgan fingerprint density at radius 3 is 2.03 bits per heavy atom. The Morgan fingerprint density at radius 2 is 1.43 bits per heavy atom. The van der Waals surface area contributed by atoms with Gasteiger partial charge in [-0.25, -0.2) is 14.4 Å². The molecule has 2 aliphatic heterocycles. The Balaban J connectivity index is 1.36. The molecule has 0 bridgehead atoms. The minimum Gasteiger partial charge on any atom is -0.485 e. The number of nitrogens with zero attached hydrogens (tertiary/aromatic N) is 2. The second-order valence-corrected chi connectivity index (χ2v) is 7.89. The number of methoxy groups -OCH3 is 2. The quantitative estimate of drug-likeness (QED) is 0.653. The third kappa shape index (κ3) is 5.29. The molecule has 1 fully saturated rings. The lowest BCUT2D eigenvalue weighted by molar-refractivity contribution is -0.142. The van der Waals surface area contributed by atoms with E-state index in [4.69, 9.17) is 18.9 Å². The molecule has 0 aliphatic carbocycles. The third-order valence-corrected chi connectivity index (χ3v) is 5.69. The number of nitrogens with one attached hydrogen (secondary N) is 1. The highest BCUT2D eigenvalue weighted by Gasteiger charge is 2.33. The van der Waals surface area contributed by atoms with Crippen LogP contribution in [0.25, 0.3) is 0 Å². The first-order chi connectivity index (χ1) is 16.9.